The second-order valence-electron chi connectivity index (χ2n) is 7.90. The van der Waals surface area contributed by atoms with Crippen LogP contribution < -0.4 is 15.8 Å². The van der Waals surface area contributed by atoms with Gasteiger partial charge in [0.2, 0.25) is 21.8 Å². The molecule has 4 N–H and O–H groups in total. The number of hydrogen-bond acceptors (Lipinski definition) is 8. The number of sulfonamides is 1. The standard InChI is InChI=1S/C22H26N4O6S3/c1-3-11-34(29,30)20(21(28)24-10-12-35(23,31)32)22-26-18-9-6-16(13-19(18)33-22)15-4-7-17(8-5-15)25-14(2)27/h4-9,13,20H,3,10-12H2,1-2H3,(H,24,28)(H,25,27)(H2,23,31,32). The highest BCUT2D eigenvalue weighted by atomic mass is 32.2. The fraction of sp³-hybridized carbons (Fsp3) is 0.318. The average Bonchev–Trinajstić information content (AvgIpc) is 3.15. The van der Waals surface area contributed by atoms with Gasteiger partial charge in [0.15, 0.2) is 15.1 Å². The molecule has 3 aromatic rings. The number of carbonyl (C=O) groups is 2. The van der Waals surface area contributed by atoms with E-state index in [1.807, 2.05) is 24.3 Å². The van der Waals surface area contributed by atoms with Crippen LogP contribution in [0.25, 0.3) is 21.3 Å². The Hall–Kier alpha value is -2.87. The largest absolute Gasteiger partial charge is 0.354 e. The Labute approximate surface area is 207 Å². The topological polar surface area (TPSA) is 165 Å². The van der Waals surface area contributed by atoms with E-state index in [0.29, 0.717) is 22.3 Å². The Kier molecular flexibility index (Phi) is 8.26. The van der Waals surface area contributed by atoms with E-state index in [9.17, 15) is 26.4 Å². The van der Waals surface area contributed by atoms with Gasteiger partial charge >= 0.3 is 0 Å². The zero-order chi connectivity index (χ0) is 25.8. The summed E-state index contributed by atoms with van der Waals surface area (Å²) < 4.78 is 48.9. The molecular formula is C22H26N4O6S3. The molecule has 0 aliphatic heterocycles. The molecule has 35 heavy (non-hydrogen) atoms. The molecule has 10 nitrogen and oxygen atoms in total. The van der Waals surface area contributed by atoms with Crippen LogP contribution in [0.2, 0.25) is 0 Å². The van der Waals surface area contributed by atoms with Crippen LogP contribution in [0, 0.1) is 0 Å². The average molecular weight is 539 g/mol. The molecule has 0 spiro atoms. The van der Waals surface area contributed by atoms with Crippen LogP contribution in [0.1, 0.15) is 30.5 Å². The van der Waals surface area contributed by atoms with Gasteiger partial charge in [0, 0.05) is 19.2 Å². The number of primary sulfonamides is 1. The summed E-state index contributed by atoms with van der Waals surface area (Å²) in [5.41, 5.74) is 2.94. The van der Waals surface area contributed by atoms with Gasteiger partial charge in [-0.15, -0.1) is 11.3 Å². The third-order valence-corrected chi connectivity index (χ3v) is 9.08. The highest BCUT2D eigenvalue weighted by Crippen LogP contribution is 2.34. The number of nitrogens with zero attached hydrogens (tertiary/aromatic N) is 1. The minimum Gasteiger partial charge on any atom is -0.354 e. The summed E-state index contributed by atoms with van der Waals surface area (Å²) in [6, 6.07) is 12.7. The number of sulfone groups is 1. The molecule has 1 atom stereocenters. The lowest BCUT2D eigenvalue weighted by molar-refractivity contribution is -0.120. The first-order chi connectivity index (χ1) is 16.4. The highest BCUT2D eigenvalue weighted by molar-refractivity contribution is 7.92. The lowest BCUT2D eigenvalue weighted by atomic mass is 10.1. The number of fused-ring (bicyclic) bond motifs is 1. The van der Waals surface area contributed by atoms with E-state index in [1.165, 1.54) is 6.92 Å². The van der Waals surface area contributed by atoms with Crippen molar-refractivity contribution in [2.75, 3.05) is 23.4 Å². The van der Waals surface area contributed by atoms with Gasteiger partial charge in [0.05, 0.1) is 21.7 Å². The molecule has 0 aliphatic carbocycles. The summed E-state index contributed by atoms with van der Waals surface area (Å²) >= 11 is 1.09. The maximum atomic E-state index is 12.9. The van der Waals surface area contributed by atoms with Crippen LogP contribution in [-0.2, 0) is 29.4 Å². The van der Waals surface area contributed by atoms with E-state index in [0.717, 1.165) is 22.5 Å². The third-order valence-electron chi connectivity index (χ3n) is 4.94. The molecule has 0 fully saturated rings. The van der Waals surface area contributed by atoms with Gasteiger partial charge in [-0.25, -0.2) is 27.0 Å². The van der Waals surface area contributed by atoms with Crippen molar-refractivity contribution in [3.63, 3.8) is 0 Å². The Morgan fingerprint density at radius 3 is 2.29 bits per heavy atom. The first kappa shape index (κ1) is 26.7. The number of aromatic nitrogens is 1. The lowest BCUT2D eigenvalue weighted by Gasteiger charge is -2.15. The second kappa shape index (κ2) is 10.8. The molecule has 0 aliphatic rings. The van der Waals surface area contributed by atoms with Gasteiger partial charge in [0.1, 0.15) is 5.01 Å². The number of rotatable bonds is 10. The smallest absolute Gasteiger partial charge is 0.245 e. The van der Waals surface area contributed by atoms with Gasteiger partial charge in [0.25, 0.3) is 0 Å². The van der Waals surface area contributed by atoms with E-state index >= 15 is 0 Å². The van der Waals surface area contributed by atoms with Crippen LogP contribution in [0.15, 0.2) is 42.5 Å². The zero-order valence-electron chi connectivity index (χ0n) is 19.1. The Bertz CT molecular complexity index is 1450. The molecule has 1 aromatic heterocycles. The van der Waals surface area contributed by atoms with E-state index in [-0.39, 0.29) is 23.2 Å². The summed E-state index contributed by atoms with van der Waals surface area (Å²) in [6.45, 7) is 2.81. The highest BCUT2D eigenvalue weighted by Gasteiger charge is 2.36. The summed E-state index contributed by atoms with van der Waals surface area (Å²) in [5.74, 6) is -1.74. The summed E-state index contributed by atoms with van der Waals surface area (Å²) in [5, 5.41) is 8.58. The van der Waals surface area contributed by atoms with Crippen LogP contribution >= 0.6 is 11.3 Å². The minimum absolute atomic E-state index is 0.111. The zero-order valence-corrected chi connectivity index (χ0v) is 21.6. The normalized spacial score (nSPS) is 12.9. The molecule has 1 unspecified atom stereocenters. The van der Waals surface area contributed by atoms with Gasteiger partial charge < -0.3 is 10.6 Å². The number of carbonyl (C=O) groups excluding carboxylic acids is 2. The first-order valence-corrected chi connectivity index (χ1v) is 14.9. The van der Waals surface area contributed by atoms with E-state index < -0.39 is 36.8 Å². The van der Waals surface area contributed by atoms with Crippen molar-refractivity contribution in [3.05, 3.63) is 47.5 Å². The molecule has 0 saturated carbocycles. The number of anilines is 1. The predicted octanol–water partition coefficient (Wildman–Crippen LogP) is 2.19. The maximum Gasteiger partial charge on any atom is 0.245 e. The number of amides is 2. The quantitative estimate of drug-likeness (QED) is 0.356. The number of thiazole rings is 1. The summed E-state index contributed by atoms with van der Waals surface area (Å²) in [6.07, 6.45) is 0.312. The first-order valence-electron chi connectivity index (χ1n) is 10.7. The number of nitrogens with two attached hydrogens (primary N) is 1. The van der Waals surface area contributed by atoms with Crippen molar-refractivity contribution in [3.8, 4) is 11.1 Å². The van der Waals surface area contributed by atoms with Gasteiger partial charge in [-0.05, 0) is 41.8 Å². The molecule has 1 heterocycles. The molecule has 13 heteroatoms. The molecular weight excluding hydrogens is 512 g/mol. The van der Waals surface area contributed by atoms with Crippen molar-refractivity contribution < 1.29 is 26.4 Å². The lowest BCUT2D eigenvalue weighted by Crippen LogP contribution is -2.38. The van der Waals surface area contributed by atoms with E-state index in [4.69, 9.17) is 5.14 Å². The Morgan fingerprint density at radius 2 is 1.69 bits per heavy atom. The molecule has 2 aromatic carbocycles. The number of hydrogen-bond donors (Lipinski definition) is 3. The van der Waals surface area contributed by atoms with Crippen molar-refractivity contribution in [1.29, 1.82) is 0 Å². The molecule has 2 amide bonds. The fourth-order valence-corrected chi connectivity index (χ4v) is 6.96. The molecule has 0 bridgehead atoms. The van der Waals surface area contributed by atoms with Gasteiger partial charge in [-0.1, -0.05) is 25.1 Å². The maximum absolute atomic E-state index is 12.9. The van der Waals surface area contributed by atoms with Gasteiger partial charge in [-0.2, -0.15) is 0 Å². The fourth-order valence-electron chi connectivity index (χ4n) is 3.42. The summed E-state index contributed by atoms with van der Waals surface area (Å²) in [7, 11) is -7.71. The van der Waals surface area contributed by atoms with Crippen LogP contribution in [-0.4, -0.2) is 51.7 Å². The molecule has 3 rings (SSSR count). The van der Waals surface area contributed by atoms with Crippen molar-refractivity contribution in [2.24, 2.45) is 5.14 Å². The molecule has 188 valence electrons. The van der Waals surface area contributed by atoms with Gasteiger partial charge in [-0.3, -0.25) is 9.59 Å². The predicted molar refractivity (Wildman–Crippen MR) is 137 cm³/mol. The van der Waals surface area contributed by atoms with Crippen molar-refractivity contribution >= 4 is 58.9 Å². The van der Waals surface area contributed by atoms with Crippen LogP contribution in [0.3, 0.4) is 0 Å². The third kappa shape index (κ3) is 7.07. The minimum atomic E-state index is -3.89. The summed E-state index contributed by atoms with van der Waals surface area (Å²) in [4.78, 5) is 28.5. The monoisotopic (exact) mass is 538 g/mol. The van der Waals surface area contributed by atoms with Crippen molar-refractivity contribution in [1.82, 2.24) is 10.3 Å². The van der Waals surface area contributed by atoms with Crippen molar-refractivity contribution in [2.45, 2.75) is 25.5 Å². The number of nitrogens with one attached hydrogen (secondary N) is 2. The second-order valence-corrected chi connectivity index (χ2v) is 12.9. The Morgan fingerprint density at radius 1 is 1.03 bits per heavy atom. The molecule has 0 saturated heterocycles. The van der Waals surface area contributed by atoms with E-state index in [1.54, 1.807) is 25.1 Å². The Balaban J connectivity index is 1.93. The number of benzene rings is 2. The van der Waals surface area contributed by atoms with Crippen LogP contribution in [0.5, 0.6) is 0 Å². The van der Waals surface area contributed by atoms with E-state index in [2.05, 4.69) is 15.6 Å². The van der Waals surface area contributed by atoms with Crippen LogP contribution in [0.4, 0.5) is 5.69 Å². The molecule has 0 radical (unpaired) electrons. The SMILES string of the molecule is CCCS(=O)(=O)C(C(=O)NCCS(N)(=O)=O)c1nc2ccc(-c3ccc(NC(C)=O)cc3)cc2s1.